The molecule has 0 aromatic rings. The van der Waals surface area contributed by atoms with Gasteiger partial charge in [0.25, 0.3) is 0 Å². The molecule has 10 heteroatoms. The van der Waals surface area contributed by atoms with Gasteiger partial charge in [-0.05, 0) is 0 Å². The molecule has 0 aromatic carbocycles. The van der Waals surface area contributed by atoms with Crippen LogP contribution in [-0.4, -0.2) is 50.7 Å². The van der Waals surface area contributed by atoms with Crippen molar-refractivity contribution in [2.75, 3.05) is 14.2 Å². The van der Waals surface area contributed by atoms with E-state index in [4.69, 9.17) is 0 Å². The maximum atomic E-state index is 11.7. The Morgan fingerprint density at radius 1 is 0.773 bits per heavy atom. The number of carbonyl (C=O) groups excluding carboxylic acids is 4. The Morgan fingerprint density at radius 3 is 1.32 bits per heavy atom. The van der Waals surface area contributed by atoms with Gasteiger partial charge in [-0.1, -0.05) is 13.2 Å². The van der Waals surface area contributed by atoms with Gasteiger partial charge in [0, 0.05) is 0 Å². The molecule has 0 saturated heterocycles. The van der Waals surface area contributed by atoms with Crippen molar-refractivity contribution in [2.24, 2.45) is 0 Å². The van der Waals surface area contributed by atoms with Crippen LogP contribution in [0.1, 0.15) is 0 Å². The molecule has 0 heterocycles. The summed E-state index contributed by atoms with van der Waals surface area (Å²) in [6, 6.07) is 0. The van der Waals surface area contributed by atoms with Gasteiger partial charge in [0.1, 0.15) is 0 Å². The van der Waals surface area contributed by atoms with Crippen LogP contribution >= 0.6 is 0 Å². The molecule has 0 radical (unpaired) electrons. The van der Waals surface area contributed by atoms with Crippen LogP contribution < -0.4 is 0 Å². The minimum Gasteiger partial charge on any atom is -0.438 e. The number of hydrogen-bond acceptors (Lipinski definition) is 10. The highest BCUT2D eigenvalue weighted by molar-refractivity contribution is 5.88. The van der Waals surface area contributed by atoms with Gasteiger partial charge < -0.3 is 28.4 Å². The van der Waals surface area contributed by atoms with E-state index >= 15 is 0 Å². The van der Waals surface area contributed by atoms with Gasteiger partial charge in [0.05, 0.1) is 26.7 Å². The summed E-state index contributed by atoms with van der Waals surface area (Å²) < 4.78 is 26.3. The third-order valence-corrected chi connectivity index (χ3v) is 1.92. The lowest BCUT2D eigenvalue weighted by Gasteiger charge is -2.21. The highest BCUT2D eigenvalue weighted by Crippen LogP contribution is 2.12. The van der Waals surface area contributed by atoms with E-state index in [-0.39, 0.29) is 0 Å². The fraction of sp³-hybridized carbons (Fsp3) is 0.333. The molecule has 0 fully saturated rings. The Hall–Kier alpha value is -3.04. The Labute approximate surface area is 125 Å². The zero-order valence-corrected chi connectivity index (χ0v) is 11.8. The SMILES string of the molecule is C=COC(=O)C(OC(=O)OC)C(OC(=O)OC)C(=O)OC=C. The molecule has 2 unspecified atom stereocenters. The summed E-state index contributed by atoms with van der Waals surface area (Å²) in [6.45, 7) is 6.24. The first-order chi connectivity index (χ1) is 10.4. The molecule has 10 nitrogen and oxygen atoms in total. The largest absolute Gasteiger partial charge is 0.509 e. The second-order valence-corrected chi connectivity index (χ2v) is 3.19. The molecule has 122 valence electrons. The van der Waals surface area contributed by atoms with Gasteiger partial charge in [-0.15, -0.1) is 0 Å². The molecule has 0 aromatic heterocycles. The standard InChI is InChI=1S/C12H14O10/c1-5-19-9(13)7(21-11(15)17-3)8(10(14)20-6-2)22-12(16)18-4/h5-8H,1-2H2,3-4H3. The molecule has 0 aliphatic carbocycles. The van der Waals surface area contributed by atoms with E-state index in [2.05, 4.69) is 41.6 Å². The fourth-order valence-electron chi connectivity index (χ4n) is 1.07. The molecule has 0 rings (SSSR count). The monoisotopic (exact) mass is 318 g/mol. The van der Waals surface area contributed by atoms with Crippen molar-refractivity contribution < 1.29 is 47.6 Å². The second-order valence-electron chi connectivity index (χ2n) is 3.19. The van der Waals surface area contributed by atoms with E-state index in [1.165, 1.54) is 0 Å². The van der Waals surface area contributed by atoms with Gasteiger partial charge in [0.2, 0.25) is 12.2 Å². The van der Waals surface area contributed by atoms with Crippen LogP contribution in [0.4, 0.5) is 9.59 Å². The molecule has 0 aliphatic rings. The fourth-order valence-corrected chi connectivity index (χ4v) is 1.07. The van der Waals surface area contributed by atoms with E-state index in [0.29, 0.717) is 12.5 Å². The molecule has 0 amide bonds. The van der Waals surface area contributed by atoms with Crippen LogP contribution in [0.2, 0.25) is 0 Å². The van der Waals surface area contributed by atoms with Crippen LogP contribution in [0.5, 0.6) is 0 Å². The zero-order valence-electron chi connectivity index (χ0n) is 11.8. The number of hydrogen-bond donors (Lipinski definition) is 0. The lowest BCUT2D eigenvalue weighted by atomic mass is 10.2. The molecular weight excluding hydrogens is 304 g/mol. The smallest absolute Gasteiger partial charge is 0.438 e. The van der Waals surface area contributed by atoms with Gasteiger partial charge in [-0.3, -0.25) is 0 Å². The Kier molecular flexibility index (Phi) is 8.45. The molecule has 2 atom stereocenters. The van der Waals surface area contributed by atoms with Crippen molar-refractivity contribution in [1.29, 1.82) is 0 Å². The molecule has 0 N–H and O–H groups in total. The lowest BCUT2D eigenvalue weighted by Crippen LogP contribution is -2.46. The first kappa shape index (κ1) is 19.0. The van der Waals surface area contributed by atoms with E-state index < -0.39 is 36.5 Å². The van der Waals surface area contributed by atoms with Gasteiger partial charge in [-0.25, -0.2) is 19.2 Å². The van der Waals surface area contributed by atoms with Crippen molar-refractivity contribution in [3.05, 3.63) is 25.7 Å². The van der Waals surface area contributed by atoms with Crippen molar-refractivity contribution in [1.82, 2.24) is 0 Å². The first-order valence-corrected chi connectivity index (χ1v) is 5.53. The van der Waals surface area contributed by atoms with Crippen LogP contribution in [0.25, 0.3) is 0 Å². The van der Waals surface area contributed by atoms with Crippen molar-refractivity contribution in [2.45, 2.75) is 12.2 Å². The maximum Gasteiger partial charge on any atom is 0.509 e. The second kappa shape index (κ2) is 9.80. The van der Waals surface area contributed by atoms with Gasteiger partial charge in [-0.2, -0.15) is 0 Å². The van der Waals surface area contributed by atoms with Crippen molar-refractivity contribution in [3.8, 4) is 0 Å². The van der Waals surface area contributed by atoms with Crippen LogP contribution in [0.15, 0.2) is 25.7 Å². The third kappa shape index (κ3) is 5.94. The van der Waals surface area contributed by atoms with E-state index in [1.54, 1.807) is 0 Å². The van der Waals surface area contributed by atoms with Crippen LogP contribution in [-0.2, 0) is 38.0 Å². The summed E-state index contributed by atoms with van der Waals surface area (Å²) in [4.78, 5) is 45.7. The minimum absolute atomic E-state index is 0.712. The molecule has 0 saturated carbocycles. The average Bonchev–Trinajstić information content (AvgIpc) is 2.50. The highest BCUT2D eigenvalue weighted by Gasteiger charge is 2.43. The van der Waals surface area contributed by atoms with E-state index in [9.17, 15) is 19.2 Å². The summed E-state index contributed by atoms with van der Waals surface area (Å²) in [7, 11) is 1.91. The normalized spacial score (nSPS) is 11.9. The Morgan fingerprint density at radius 2 is 1.09 bits per heavy atom. The molecule has 0 aliphatic heterocycles. The first-order valence-electron chi connectivity index (χ1n) is 5.53. The van der Waals surface area contributed by atoms with E-state index in [0.717, 1.165) is 14.2 Å². The predicted molar refractivity (Wildman–Crippen MR) is 67.1 cm³/mol. The van der Waals surface area contributed by atoms with Crippen LogP contribution in [0, 0.1) is 0 Å². The summed E-state index contributed by atoms with van der Waals surface area (Å²) in [5, 5.41) is 0. The summed E-state index contributed by atoms with van der Waals surface area (Å²) >= 11 is 0. The van der Waals surface area contributed by atoms with Crippen LogP contribution in [0.3, 0.4) is 0 Å². The van der Waals surface area contributed by atoms with E-state index in [1.807, 2.05) is 0 Å². The highest BCUT2D eigenvalue weighted by atomic mass is 16.8. The Balaban J connectivity index is 5.46. The average molecular weight is 318 g/mol. The number of carbonyl (C=O) groups is 4. The minimum atomic E-state index is -2.02. The molecule has 0 spiro atoms. The number of esters is 2. The lowest BCUT2D eigenvalue weighted by molar-refractivity contribution is -0.169. The zero-order chi connectivity index (χ0) is 17.1. The number of rotatable bonds is 7. The molecule has 22 heavy (non-hydrogen) atoms. The quantitative estimate of drug-likeness (QED) is 0.375. The molecule has 0 bridgehead atoms. The van der Waals surface area contributed by atoms with Crippen molar-refractivity contribution >= 4 is 24.2 Å². The van der Waals surface area contributed by atoms with Crippen molar-refractivity contribution in [3.63, 3.8) is 0 Å². The number of ether oxygens (including phenoxy) is 6. The maximum absolute atomic E-state index is 11.7. The van der Waals surface area contributed by atoms with Gasteiger partial charge in [0.15, 0.2) is 0 Å². The topological polar surface area (TPSA) is 124 Å². The summed E-state index contributed by atoms with van der Waals surface area (Å²) in [5.74, 6) is -2.54. The van der Waals surface area contributed by atoms with Gasteiger partial charge >= 0.3 is 24.2 Å². The summed E-state index contributed by atoms with van der Waals surface area (Å²) in [5.41, 5.74) is 0. The predicted octanol–water partition coefficient (Wildman–Crippen LogP) is 0.663. The third-order valence-electron chi connectivity index (χ3n) is 1.92. The molecular formula is C12H14O10. The summed E-state index contributed by atoms with van der Waals surface area (Å²) in [6.07, 6.45) is -5.28. The Bertz CT molecular complexity index is 413. The number of methoxy groups -OCH3 is 2.